The number of hydrogen-bond acceptors (Lipinski definition) is 5. The highest BCUT2D eigenvalue weighted by Crippen LogP contribution is 2.21. The number of halogens is 1. The molecule has 1 rings (SSSR count). The Morgan fingerprint density at radius 3 is 2.45 bits per heavy atom. The summed E-state index contributed by atoms with van der Waals surface area (Å²) >= 11 is 5.90. The minimum absolute atomic E-state index is 0.0957. The second kappa shape index (κ2) is 6.02. The molecular formula is C11H18ClN5O2S. The Labute approximate surface area is 124 Å². The number of nitrogens with one attached hydrogen (secondary N) is 1. The van der Waals surface area contributed by atoms with Crippen molar-refractivity contribution in [3.8, 4) is 0 Å². The van der Waals surface area contributed by atoms with Crippen molar-refractivity contribution < 1.29 is 8.42 Å². The third kappa shape index (κ3) is 5.03. The molecule has 0 aliphatic heterocycles. The minimum Gasteiger partial charge on any atom is -0.369 e. The molecule has 0 aliphatic rings. The molecule has 0 aliphatic carbocycles. The molecule has 20 heavy (non-hydrogen) atoms. The van der Waals surface area contributed by atoms with Gasteiger partial charge in [0, 0.05) is 19.6 Å². The van der Waals surface area contributed by atoms with E-state index in [1.54, 1.807) is 39.8 Å². The molecule has 1 aromatic rings. The van der Waals surface area contributed by atoms with Crippen LogP contribution in [0.4, 0.5) is 5.95 Å². The van der Waals surface area contributed by atoms with Crippen LogP contribution in [0.15, 0.2) is 16.1 Å². The average molecular weight is 320 g/mol. The van der Waals surface area contributed by atoms with Gasteiger partial charge in [-0.3, -0.25) is 0 Å². The van der Waals surface area contributed by atoms with E-state index >= 15 is 0 Å². The van der Waals surface area contributed by atoms with Crippen LogP contribution in [0.2, 0.25) is 5.15 Å². The van der Waals surface area contributed by atoms with Crippen molar-refractivity contribution >= 4 is 33.9 Å². The van der Waals surface area contributed by atoms with Gasteiger partial charge in [0.1, 0.15) is 4.90 Å². The Bertz CT molecular complexity index is 608. The molecule has 0 fully saturated rings. The minimum atomic E-state index is -3.77. The fourth-order valence-corrected chi connectivity index (χ4v) is 3.01. The van der Waals surface area contributed by atoms with E-state index in [-0.39, 0.29) is 16.0 Å². The van der Waals surface area contributed by atoms with Crippen LogP contribution >= 0.6 is 11.6 Å². The van der Waals surface area contributed by atoms with E-state index in [1.807, 2.05) is 0 Å². The summed E-state index contributed by atoms with van der Waals surface area (Å²) < 4.78 is 26.7. The largest absolute Gasteiger partial charge is 0.369 e. The lowest BCUT2D eigenvalue weighted by Crippen LogP contribution is -2.40. The third-order valence-electron chi connectivity index (χ3n) is 1.83. The van der Waals surface area contributed by atoms with Gasteiger partial charge in [-0.2, -0.15) is 4.98 Å². The molecule has 0 atom stereocenters. The van der Waals surface area contributed by atoms with E-state index in [2.05, 4.69) is 19.7 Å². The first-order valence-electron chi connectivity index (χ1n) is 5.78. The predicted molar refractivity (Wildman–Crippen MR) is 79.0 cm³/mol. The summed E-state index contributed by atoms with van der Waals surface area (Å²) in [6.45, 7) is 5.19. The molecule has 0 saturated heterocycles. The van der Waals surface area contributed by atoms with Gasteiger partial charge in [0.25, 0.3) is 5.95 Å². The lowest BCUT2D eigenvalue weighted by molar-refractivity contribution is 0.491. The highest BCUT2D eigenvalue weighted by Gasteiger charge is 2.25. The quantitative estimate of drug-likeness (QED) is 0.515. The maximum absolute atomic E-state index is 12.1. The highest BCUT2D eigenvalue weighted by molar-refractivity contribution is 7.89. The first-order valence-corrected chi connectivity index (χ1v) is 7.64. The summed E-state index contributed by atoms with van der Waals surface area (Å²) in [5, 5.41) is -0.164. The van der Waals surface area contributed by atoms with E-state index in [0.29, 0.717) is 0 Å². The summed E-state index contributed by atoms with van der Waals surface area (Å²) in [5.74, 6) is 0.0957. The van der Waals surface area contributed by atoms with Crippen LogP contribution in [0.3, 0.4) is 0 Å². The molecule has 112 valence electrons. The second-order valence-corrected chi connectivity index (χ2v) is 7.40. The van der Waals surface area contributed by atoms with E-state index < -0.39 is 15.6 Å². The summed E-state index contributed by atoms with van der Waals surface area (Å²) in [4.78, 5) is 13.2. The fraction of sp³-hybridized carbons (Fsp3) is 0.545. The van der Waals surface area contributed by atoms with Gasteiger partial charge in [-0.25, -0.2) is 23.1 Å². The van der Waals surface area contributed by atoms with Gasteiger partial charge in [-0.15, -0.1) is 0 Å². The third-order valence-corrected chi connectivity index (χ3v) is 3.99. The van der Waals surface area contributed by atoms with E-state index in [0.717, 1.165) is 6.20 Å². The summed E-state index contributed by atoms with van der Waals surface area (Å²) in [5.41, 5.74) is -0.621. The van der Waals surface area contributed by atoms with Gasteiger partial charge < -0.3 is 4.90 Å². The van der Waals surface area contributed by atoms with Crippen LogP contribution in [0.1, 0.15) is 20.8 Å². The van der Waals surface area contributed by atoms with E-state index in [9.17, 15) is 8.42 Å². The molecule has 0 aromatic carbocycles. The number of sulfonamides is 1. The van der Waals surface area contributed by atoms with Crippen molar-refractivity contribution in [3.05, 3.63) is 11.3 Å². The van der Waals surface area contributed by atoms with Crippen molar-refractivity contribution in [2.24, 2.45) is 4.99 Å². The molecule has 0 saturated carbocycles. The van der Waals surface area contributed by atoms with Gasteiger partial charge in [-0.1, -0.05) is 11.6 Å². The topological polar surface area (TPSA) is 87.5 Å². The molecule has 0 radical (unpaired) electrons. The Morgan fingerprint density at radius 2 is 2.00 bits per heavy atom. The lowest BCUT2D eigenvalue weighted by atomic mass is 10.1. The Kier molecular flexibility index (Phi) is 5.06. The molecule has 1 aromatic heterocycles. The Balaban J connectivity index is 3.11. The normalized spacial score (nSPS) is 12.9. The average Bonchev–Trinajstić information content (AvgIpc) is 2.22. The molecule has 7 nitrogen and oxygen atoms in total. The SMILES string of the molecule is CN(C)/C=N/c1ncc(S(=O)(=O)NC(C)(C)C)c(Cl)n1. The predicted octanol–water partition coefficient (Wildman–Crippen LogP) is 1.43. The zero-order chi connectivity index (χ0) is 15.6. The summed E-state index contributed by atoms with van der Waals surface area (Å²) in [7, 11) is -0.188. The first kappa shape index (κ1) is 16.8. The number of aromatic nitrogens is 2. The maximum Gasteiger partial charge on any atom is 0.252 e. The molecule has 0 amide bonds. The Morgan fingerprint density at radius 1 is 1.40 bits per heavy atom. The zero-order valence-electron chi connectivity index (χ0n) is 12.0. The van der Waals surface area contributed by atoms with Crippen molar-refractivity contribution in [2.75, 3.05) is 14.1 Å². The summed E-state index contributed by atoms with van der Waals surface area (Å²) in [6.07, 6.45) is 2.64. The van der Waals surface area contributed by atoms with Gasteiger partial charge >= 0.3 is 0 Å². The molecule has 0 unspecified atom stereocenters. The molecule has 9 heteroatoms. The van der Waals surface area contributed by atoms with Crippen LogP contribution in [0.5, 0.6) is 0 Å². The Hall–Kier alpha value is -1.25. The number of hydrogen-bond donors (Lipinski definition) is 1. The molecular weight excluding hydrogens is 302 g/mol. The lowest BCUT2D eigenvalue weighted by Gasteiger charge is -2.20. The fourth-order valence-electron chi connectivity index (χ4n) is 1.21. The summed E-state index contributed by atoms with van der Waals surface area (Å²) in [6, 6.07) is 0. The number of rotatable bonds is 4. The monoisotopic (exact) mass is 319 g/mol. The standard InChI is InChI=1S/C11H18ClN5O2S/c1-11(2,3)16-20(18,19)8-6-13-10(15-9(8)12)14-7-17(4)5/h6-7,16H,1-5H3/b14-7+. The van der Waals surface area contributed by atoms with Crippen LogP contribution in [0, 0.1) is 0 Å². The second-order valence-electron chi connectivity index (χ2n) is 5.39. The number of aliphatic imine (C=N–C) groups is 1. The van der Waals surface area contributed by atoms with Gasteiger partial charge in [-0.05, 0) is 20.8 Å². The zero-order valence-corrected chi connectivity index (χ0v) is 13.6. The first-order chi connectivity index (χ1) is 9.01. The van der Waals surface area contributed by atoms with Crippen LogP contribution in [-0.4, -0.2) is 49.3 Å². The van der Waals surface area contributed by atoms with Crippen LogP contribution in [-0.2, 0) is 10.0 Å². The molecule has 1 N–H and O–H groups in total. The highest BCUT2D eigenvalue weighted by atomic mass is 35.5. The smallest absolute Gasteiger partial charge is 0.252 e. The van der Waals surface area contributed by atoms with Crippen molar-refractivity contribution in [2.45, 2.75) is 31.2 Å². The van der Waals surface area contributed by atoms with Gasteiger partial charge in [0.2, 0.25) is 10.0 Å². The van der Waals surface area contributed by atoms with Crippen LogP contribution < -0.4 is 4.72 Å². The van der Waals surface area contributed by atoms with Crippen LogP contribution in [0.25, 0.3) is 0 Å². The van der Waals surface area contributed by atoms with E-state index in [4.69, 9.17) is 11.6 Å². The van der Waals surface area contributed by atoms with Crippen molar-refractivity contribution in [1.82, 2.24) is 19.6 Å². The van der Waals surface area contributed by atoms with Gasteiger partial charge in [0.15, 0.2) is 5.15 Å². The van der Waals surface area contributed by atoms with E-state index in [1.165, 1.54) is 6.34 Å². The molecule has 0 spiro atoms. The molecule has 1 heterocycles. The number of nitrogens with zero attached hydrogens (tertiary/aromatic N) is 4. The maximum atomic E-state index is 12.1. The van der Waals surface area contributed by atoms with Gasteiger partial charge in [0.05, 0.1) is 12.5 Å². The van der Waals surface area contributed by atoms with Crippen molar-refractivity contribution in [3.63, 3.8) is 0 Å². The molecule has 0 bridgehead atoms. The van der Waals surface area contributed by atoms with Crippen molar-refractivity contribution in [1.29, 1.82) is 0 Å².